The molecule has 0 spiro atoms. The first-order valence-electron chi connectivity index (χ1n) is 5.48. The Kier molecular flexibility index (Phi) is 3.71. The van der Waals surface area contributed by atoms with Crippen LogP contribution in [0.5, 0.6) is 0 Å². The summed E-state index contributed by atoms with van der Waals surface area (Å²) in [6.07, 6.45) is 0. The summed E-state index contributed by atoms with van der Waals surface area (Å²) in [6, 6.07) is 9.42. The molecule has 0 radical (unpaired) electrons. The van der Waals surface area contributed by atoms with Crippen molar-refractivity contribution in [3.8, 4) is 6.07 Å². The van der Waals surface area contributed by atoms with E-state index < -0.39 is 17.5 Å². The Morgan fingerprint density at radius 3 is 2.47 bits per heavy atom. The highest BCUT2D eigenvalue weighted by molar-refractivity contribution is 5.58. The lowest BCUT2D eigenvalue weighted by Gasteiger charge is -2.09. The van der Waals surface area contributed by atoms with Gasteiger partial charge in [-0.25, -0.2) is 13.2 Å². The minimum atomic E-state index is -0.945. The lowest BCUT2D eigenvalue weighted by Crippen LogP contribution is -2.03. The molecule has 0 aliphatic carbocycles. The molecule has 0 fully saturated rings. The van der Waals surface area contributed by atoms with Crippen LogP contribution in [0.2, 0.25) is 0 Å². The summed E-state index contributed by atoms with van der Waals surface area (Å²) in [6.45, 7) is 0.162. The normalized spacial score (nSPS) is 10.0. The van der Waals surface area contributed by atoms with Gasteiger partial charge in [-0.2, -0.15) is 5.26 Å². The van der Waals surface area contributed by atoms with Crippen molar-refractivity contribution < 1.29 is 13.2 Å². The first-order chi connectivity index (χ1) is 9.11. The molecule has 0 aromatic heterocycles. The van der Waals surface area contributed by atoms with Gasteiger partial charge in [0.1, 0.15) is 17.4 Å². The molecule has 0 saturated heterocycles. The largest absolute Gasteiger partial charge is 0.380 e. The Morgan fingerprint density at radius 2 is 1.79 bits per heavy atom. The van der Waals surface area contributed by atoms with Gasteiger partial charge in [0.2, 0.25) is 0 Å². The van der Waals surface area contributed by atoms with Crippen molar-refractivity contribution in [3.05, 3.63) is 65.0 Å². The Balaban J connectivity index is 2.17. The minimum absolute atomic E-state index is 0.106. The molecule has 0 aliphatic rings. The highest BCUT2D eigenvalue weighted by Crippen LogP contribution is 2.19. The SMILES string of the molecule is N#Cc1c(F)cccc1NCc1ccc(F)c(F)c1. The summed E-state index contributed by atoms with van der Waals surface area (Å²) >= 11 is 0. The molecule has 1 N–H and O–H groups in total. The van der Waals surface area contributed by atoms with E-state index in [0.717, 1.165) is 12.1 Å². The molecule has 5 heteroatoms. The Morgan fingerprint density at radius 1 is 1.00 bits per heavy atom. The van der Waals surface area contributed by atoms with Crippen LogP contribution in [-0.4, -0.2) is 0 Å². The summed E-state index contributed by atoms with van der Waals surface area (Å²) < 4.78 is 39.1. The number of rotatable bonds is 3. The van der Waals surface area contributed by atoms with Gasteiger partial charge in [-0.3, -0.25) is 0 Å². The van der Waals surface area contributed by atoms with Crippen molar-refractivity contribution in [2.75, 3.05) is 5.32 Å². The standard InChI is InChI=1S/C14H9F3N2/c15-11-2-1-3-14(10(11)7-18)19-8-9-4-5-12(16)13(17)6-9/h1-6,19H,8H2. The number of nitriles is 1. The zero-order valence-corrected chi connectivity index (χ0v) is 9.75. The van der Waals surface area contributed by atoms with Crippen molar-refractivity contribution in [3.63, 3.8) is 0 Å². The van der Waals surface area contributed by atoms with Gasteiger partial charge in [-0.15, -0.1) is 0 Å². The molecule has 0 aliphatic heterocycles. The maximum absolute atomic E-state index is 13.3. The van der Waals surface area contributed by atoms with Crippen LogP contribution in [0.25, 0.3) is 0 Å². The van der Waals surface area contributed by atoms with Gasteiger partial charge in [0.05, 0.1) is 5.69 Å². The minimum Gasteiger partial charge on any atom is -0.380 e. The van der Waals surface area contributed by atoms with E-state index in [1.54, 1.807) is 12.1 Å². The van der Waals surface area contributed by atoms with Gasteiger partial charge in [0, 0.05) is 6.54 Å². The van der Waals surface area contributed by atoms with Gasteiger partial charge >= 0.3 is 0 Å². The molecule has 0 amide bonds. The molecule has 2 aromatic carbocycles. The van der Waals surface area contributed by atoms with Gasteiger partial charge in [0.25, 0.3) is 0 Å². The lowest BCUT2D eigenvalue weighted by molar-refractivity contribution is 0.507. The van der Waals surface area contributed by atoms with Gasteiger partial charge in [-0.1, -0.05) is 12.1 Å². The highest BCUT2D eigenvalue weighted by Gasteiger charge is 2.08. The van der Waals surface area contributed by atoms with Gasteiger partial charge in [0.15, 0.2) is 11.6 Å². The van der Waals surface area contributed by atoms with E-state index in [2.05, 4.69) is 5.32 Å². The number of benzene rings is 2. The molecule has 2 aromatic rings. The van der Waals surface area contributed by atoms with Crippen LogP contribution in [-0.2, 0) is 6.54 Å². The molecule has 0 atom stereocenters. The van der Waals surface area contributed by atoms with Crippen molar-refractivity contribution in [1.82, 2.24) is 0 Å². The van der Waals surface area contributed by atoms with Crippen LogP contribution in [0, 0.1) is 28.8 Å². The van der Waals surface area contributed by atoms with Gasteiger partial charge in [-0.05, 0) is 29.8 Å². The monoisotopic (exact) mass is 262 g/mol. The lowest BCUT2D eigenvalue weighted by atomic mass is 10.1. The van der Waals surface area contributed by atoms with E-state index in [1.807, 2.05) is 0 Å². The smallest absolute Gasteiger partial charge is 0.159 e. The fraction of sp³-hybridized carbons (Fsp3) is 0.0714. The molecule has 0 unspecified atom stereocenters. The molecule has 19 heavy (non-hydrogen) atoms. The molecule has 0 saturated carbocycles. The fourth-order valence-corrected chi connectivity index (χ4v) is 1.63. The summed E-state index contributed by atoms with van der Waals surface area (Å²) in [5.41, 5.74) is 0.698. The number of nitrogens with one attached hydrogen (secondary N) is 1. The van der Waals surface area contributed by atoms with Crippen LogP contribution in [0.4, 0.5) is 18.9 Å². The van der Waals surface area contributed by atoms with E-state index in [0.29, 0.717) is 11.3 Å². The van der Waals surface area contributed by atoms with Crippen LogP contribution in [0.1, 0.15) is 11.1 Å². The van der Waals surface area contributed by atoms with Crippen LogP contribution < -0.4 is 5.32 Å². The summed E-state index contributed by atoms with van der Waals surface area (Å²) in [5.74, 6) is -2.50. The fourth-order valence-electron chi connectivity index (χ4n) is 1.63. The third-order valence-electron chi connectivity index (χ3n) is 2.59. The summed E-state index contributed by atoms with van der Waals surface area (Å²) in [4.78, 5) is 0. The second-order valence-corrected chi connectivity index (χ2v) is 3.88. The van der Waals surface area contributed by atoms with E-state index in [9.17, 15) is 13.2 Å². The maximum Gasteiger partial charge on any atom is 0.159 e. The molecule has 0 heterocycles. The zero-order chi connectivity index (χ0) is 13.8. The highest BCUT2D eigenvalue weighted by atomic mass is 19.2. The summed E-state index contributed by atoms with van der Waals surface area (Å²) in [7, 11) is 0. The number of hydrogen-bond acceptors (Lipinski definition) is 2. The van der Waals surface area contributed by atoms with Crippen molar-refractivity contribution in [2.24, 2.45) is 0 Å². The van der Waals surface area contributed by atoms with Crippen LogP contribution in [0.15, 0.2) is 36.4 Å². The second-order valence-electron chi connectivity index (χ2n) is 3.88. The van der Waals surface area contributed by atoms with Crippen molar-refractivity contribution >= 4 is 5.69 Å². The average molecular weight is 262 g/mol. The number of nitrogens with zero attached hydrogens (tertiary/aromatic N) is 1. The predicted molar refractivity (Wildman–Crippen MR) is 64.8 cm³/mol. The third-order valence-corrected chi connectivity index (χ3v) is 2.59. The van der Waals surface area contributed by atoms with E-state index in [4.69, 9.17) is 5.26 Å². The first kappa shape index (κ1) is 13.0. The molecule has 0 bridgehead atoms. The topological polar surface area (TPSA) is 35.8 Å². The zero-order valence-electron chi connectivity index (χ0n) is 9.75. The molecule has 96 valence electrons. The first-order valence-corrected chi connectivity index (χ1v) is 5.48. The number of halogens is 3. The third kappa shape index (κ3) is 2.86. The Hall–Kier alpha value is -2.48. The Bertz CT molecular complexity index is 648. The quantitative estimate of drug-likeness (QED) is 0.917. The molecular weight excluding hydrogens is 253 g/mol. The Labute approximate surface area is 108 Å². The van der Waals surface area contributed by atoms with Crippen LogP contribution in [0.3, 0.4) is 0 Å². The molecule has 2 nitrogen and oxygen atoms in total. The van der Waals surface area contributed by atoms with Crippen molar-refractivity contribution in [1.29, 1.82) is 5.26 Å². The average Bonchev–Trinajstić information content (AvgIpc) is 2.40. The van der Waals surface area contributed by atoms with Crippen LogP contribution >= 0.6 is 0 Å². The molecular formula is C14H9F3N2. The number of hydrogen-bond donors (Lipinski definition) is 1. The number of anilines is 1. The van der Waals surface area contributed by atoms with E-state index in [-0.39, 0.29) is 12.1 Å². The van der Waals surface area contributed by atoms with Gasteiger partial charge < -0.3 is 5.32 Å². The summed E-state index contributed by atoms with van der Waals surface area (Å²) in [5, 5.41) is 11.7. The van der Waals surface area contributed by atoms with Crippen molar-refractivity contribution in [2.45, 2.75) is 6.54 Å². The predicted octanol–water partition coefficient (Wildman–Crippen LogP) is 3.59. The maximum atomic E-state index is 13.3. The van der Waals surface area contributed by atoms with E-state index >= 15 is 0 Å². The van der Waals surface area contributed by atoms with E-state index in [1.165, 1.54) is 18.2 Å². The second kappa shape index (κ2) is 5.44. The molecule has 2 rings (SSSR count).